The number of hydrogen-bond acceptors (Lipinski definition) is 4. The molecule has 1 aliphatic carbocycles. The number of rotatable bonds is 6. The minimum Gasteiger partial charge on any atom is -0.492 e. The van der Waals surface area contributed by atoms with E-state index in [1.807, 2.05) is 31.2 Å². The van der Waals surface area contributed by atoms with Gasteiger partial charge in [-0.25, -0.2) is 8.42 Å². The minimum absolute atomic E-state index is 0.00378. The van der Waals surface area contributed by atoms with Gasteiger partial charge in [-0.05, 0) is 72.9 Å². The summed E-state index contributed by atoms with van der Waals surface area (Å²) in [5.41, 5.74) is 3.26. The van der Waals surface area contributed by atoms with Gasteiger partial charge in [0.1, 0.15) is 5.75 Å². The number of ether oxygens (including phenoxy) is 1. The molecule has 0 unspecified atom stereocenters. The second-order valence-corrected chi connectivity index (χ2v) is 11.0. The van der Waals surface area contributed by atoms with Gasteiger partial charge in [0, 0.05) is 21.7 Å². The summed E-state index contributed by atoms with van der Waals surface area (Å²) >= 11 is 12.6. The first-order chi connectivity index (χ1) is 16.4. The third kappa shape index (κ3) is 4.26. The molecule has 3 aromatic rings. The SMILES string of the molecule is CCOc1ccccc1NS(=O)(=O)c1ccc2c(c1)[C@H]1C=CC[C@H]1[C@@H](c1ccc(Cl)cc1Cl)N2. The summed E-state index contributed by atoms with van der Waals surface area (Å²) in [5, 5.41) is 4.81. The number of nitrogens with one attached hydrogen (secondary N) is 2. The van der Waals surface area contributed by atoms with Gasteiger partial charge in [0.25, 0.3) is 10.0 Å². The molecule has 34 heavy (non-hydrogen) atoms. The maximum absolute atomic E-state index is 13.3. The molecule has 0 fully saturated rings. The molecule has 0 radical (unpaired) electrons. The Morgan fingerprint density at radius 3 is 2.68 bits per heavy atom. The molecule has 3 atom stereocenters. The smallest absolute Gasteiger partial charge is 0.262 e. The van der Waals surface area contributed by atoms with Gasteiger partial charge < -0.3 is 10.1 Å². The molecule has 176 valence electrons. The average molecular weight is 515 g/mol. The summed E-state index contributed by atoms with van der Waals surface area (Å²) in [6.45, 7) is 2.30. The number of para-hydroxylation sites is 2. The topological polar surface area (TPSA) is 67.4 Å². The first-order valence-electron chi connectivity index (χ1n) is 11.1. The number of fused-ring (bicyclic) bond motifs is 3. The summed E-state index contributed by atoms with van der Waals surface area (Å²) < 4.78 is 34.8. The van der Waals surface area contributed by atoms with Gasteiger partial charge in [-0.3, -0.25) is 4.72 Å². The summed E-state index contributed by atoms with van der Waals surface area (Å²) in [7, 11) is -3.81. The molecule has 3 aromatic carbocycles. The molecule has 0 saturated carbocycles. The van der Waals surface area contributed by atoms with Crippen LogP contribution in [0.3, 0.4) is 0 Å². The van der Waals surface area contributed by atoms with Gasteiger partial charge in [-0.2, -0.15) is 0 Å². The highest BCUT2D eigenvalue weighted by Gasteiger charge is 2.39. The van der Waals surface area contributed by atoms with Crippen LogP contribution in [0, 0.1) is 5.92 Å². The van der Waals surface area contributed by atoms with Crippen LogP contribution in [0.4, 0.5) is 11.4 Å². The Labute approximate surface area is 209 Å². The van der Waals surface area contributed by atoms with Crippen LogP contribution in [0.2, 0.25) is 10.0 Å². The van der Waals surface area contributed by atoms with E-state index in [-0.39, 0.29) is 22.8 Å². The van der Waals surface area contributed by atoms with Crippen molar-refractivity contribution in [2.45, 2.75) is 30.2 Å². The summed E-state index contributed by atoms with van der Waals surface area (Å²) in [6.07, 6.45) is 5.19. The van der Waals surface area contributed by atoms with Gasteiger partial charge in [0.2, 0.25) is 0 Å². The second kappa shape index (κ2) is 9.17. The van der Waals surface area contributed by atoms with E-state index in [0.717, 1.165) is 23.2 Å². The van der Waals surface area contributed by atoms with Crippen molar-refractivity contribution in [2.75, 3.05) is 16.6 Å². The maximum atomic E-state index is 13.3. The van der Waals surface area contributed by atoms with E-state index in [1.54, 1.807) is 36.4 Å². The lowest BCUT2D eigenvalue weighted by Gasteiger charge is -2.38. The zero-order chi connectivity index (χ0) is 23.9. The van der Waals surface area contributed by atoms with Crippen molar-refractivity contribution in [2.24, 2.45) is 5.92 Å². The van der Waals surface area contributed by atoms with Gasteiger partial charge in [-0.15, -0.1) is 0 Å². The predicted molar refractivity (Wildman–Crippen MR) is 138 cm³/mol. The van der Waals surface area contributed by atoms with Gasteiger partial charge in [-0.1, -0.05) is 53.6 Å². The van der Waals surface area contributed by atoms with Gasteiger partial charge >= 0.3 is 0 Å². The number of hydrogen-bond donors (Lipinski definition) is 2. The van der Waals surface area contributed by atoms with Crippen LogP contribution < -0.4 is 14.8 Å². The molecular formula is C26H24Cl2N2O3S. The lowest BCUT2D eigenvalue weighted by molar-refractivity contribution is 0.342. The highest BCUT2D eigenvalue weighted by atomic mass is 35.5. The van der Waals surface area contributed by atoms with E-state index in [4.69, 9.17) is 27.9 Å². The molecule has 1 aliphatic heterocycles. The van der Waals surface area contributed by atoms with E-state index in [1.165, 1.54) is 0 Å². The van der Waals surface area contributed by atoms with Crippen LogP contribution in [0.25, 0.3) is 0 Å². The Bertz CT molecular complexity index is 1370. The van der Waals surface area contributed by atoms with Crippen LogP contribution in [0.5, 0.6) is 5.75 Å². The molecule has 0 aromatic heterocycles. The monoisotopic (exact) mass is 514 g/mol. The van der Waals surface area contributed by atoms with E-state index < -0.39 is 10.0 Å². The average Bonchev–Trinajstić information content (AvgIpc) is 3.30. The van der Waals surface area contributed by atoms with Crippen molar-refractivity contribution >= 4 is 44.6 Å². The Balaban J connectivity index is 1.49. The summed E-state index contributed by atoms with van der Waals surface area (Å²) in [5.74, 6) is 0.796. The van der Waals surface area contributed by atoms with Crippen molar-refractivity contribution in [3.8, 4) is 5.75 Å². The van der Waals surface area contributed by atoms with Crippen molar-refractivity contribution < 1.29 is 13.2 Å². The number of benzene rings is 3. The normalized spacial score (nSPS) is 20.9. The molecule has 0 bridgehead atoms. The molecule has 5 rings (SSSR count). The molecule has 2 aliphatic rings. The Kier molecular flexibility index (Phi) is 6.23. The van der Waals surface area contributed by atoms with Gasteiger partial charge in [0.05, 0.1) is 23.2 Å². The highest BCUT2D eigenvalue weighted by molar-refractivity contribution is 7.92. The van der Waals surface area contributed by atoms with Gasteiger partial charge in [0.15, 0.2) is 0 Å². The second-order valence-electron chi connectivity index (χ2n) is 8.43. The number of halogens is 2. The molecule has 0 spiro atoms. The molecule has 0 amide bonds. The fourth-order valence-electron chi connectivity index (χ4n) is 4.84. The molecule has 8 heteroatoms. The lowest BCUT2D eigenvalue weighted by atomic mass is 9.77. The fourth-order valence-corrected chi connectivity index (χ4v) is 6.47. The van der Waals surface area contributed by atoms with Crippen LogP contribution in [0.1, 0.15) is 36.4 Å². The first-order valence-corrected chi connectivity index (χ1v) is 13.4. The predicted octanol–water partition coefficient (Wildman–Crippen LogP) is 7.02. The maximum Gasteiger partial charge on any atom is 0.262 e. The standard InChI is InChI=1S/C26H24Cl2N2O3S/c1-2-33-25-9-4-3-8-24(25)30-34(31,32)17-11-13-23-21(15-17)18-6-5-7-19(18)26(29-23)20-12-10-16(27)14-22(20)28/h3-6,8-15,18-19,26,29-30H,2,7H2,1H3/t18-,19+,26-/m0/s1. The lowest BCUT2D eigenvalue weighted by Crippen LogP contribution is -2.29. The van der Waals surface area contributed by atoms with Crippen LogP contribution in [0.15, 0.2) is 77.7 Å². The third-order valence-electron chi connectivity index (χ3n) is 6.37. The van der Waals surface area contributed by atoms with Crippen LogP contribution in [-0.2, 0) is 10.0 Å². The highest BCUT2D eigenvalue weighted by Crippen LogP contribution is 2.51. The largest absolute Gasteiger partial charge is 0.492 e. The Hall–Kier alpha value is -2.67. The molecule has 1 heterocycles. The number of sulfonamides is 1. The van der Waals surface area contributed by atoms with Crippen LogP contribution >= 0.6 is 23.2 Å². The zero-order valence-electron chi connectivity index (χ0n) is 18.5. The summed E-state index contributed by atoms with van der Waals surface area (Å²) in [6, 6.07) is 17.8. The molecular weight excluding hydrogens is 491 g/mol. The first kappa shape index (κ1) is 23.1. The third-order valence-corrected chi connectivity index (χ3v) is 8.30. The minimum atomic E-state index is -3.81. The quantitative estimate of drug-likeness (QED) is 0.346. The van der Waals surface area contributed by atoms with E-state index in [0.29, 0.717) is 28.1 Å². The molecule has 5 nitrogen and oxygen atoms in total. The Morgan fingerprint density at radius 1 is 1.06 bits per heavy atom. The molecule has 2 N–H and O–H groups in total. The van der Waals surface area contributed by atoms with Crippen molar-refractivity contribution in [1.29, 1.82) is 0 Å². The van der Waals surface area contributed by atoms with E-state index in [2.05, 4.69) is 22.2 Å². The Morgan fingerprint density at radius 2 is 1.88 bits per heavy atom. The van der Waals surface area contributed by atoms with E-state index in [9.17, 15) is 8.42 Å². The van der Waals surface area contributed by atoms with E-state index >= 15 is 0 Å². The fraction of sp³-hybridized carbons (Fsp3) is 0.231. The van der Waals surface area contributed by atoms with Crippen molar-refractivity contribution in [3.05, 3.63) is 94.0 Å². The number of anilines is 2. The summed E-state index contributed by atoms with van der Waals surface area (Å²) in [4.78, 5) is 0.210. The number of allylic oxidation sites excluding steroid dienone is 2. The van der Waals surface area contributed by atoms with Crippen LogP contribution in [-0.4, -0.2) is 15.0 Å². The zero-order valence-corrected chi connectivity index (χ0v) is 20.8. The molecule has 0 saturated heterocycles. The van der Waals surface area contributed by atoms with Crippen molar-refractivity contribution in [3.63, 3.8) is 0 Å². The van der Waals surface area contributed by atoms with Crippen molar-refractivity contribution in [1.82, 2.24) is 0 Å².